The summed E-state index contributed by atoms with van der Waals surface area (Å²) in [7, 11) is 0. The van der Waals surface area contributed by atoms with E-state index in [2.05, 4.69) is 72.5 Å². The molecule has 0 aliphatic heterocycles. The molecule has 80 valence electrons. The Morgan fingerprint density at radius 3 is 2.56 bits per heavy atom. The molecular formula is C14H10IrN. The maximum atomic E-state index is 3.91. The van der Waals surface area contributed by atoms with Crippen molar-refractivity contribution in [1.82, 2.24) is 4.57 Å². The van der Waals surface area contributed by atoms with Gasteiger partial charge in [-0.3, -0.25) is 0 Å². The molecule has 0 amide bonds. The van der Waals surface area contributed by atoms with Crippen molar-refractivity contribution in [2.45, 2.75) is 0 Å². The minimum atomic E-state index is 1.22. The van der Waals surface area contributed by atoms with Gasteiger partial charge in [-0.15, -0.1) is 0 Å². The molecule has 2 aromatic carbocycles. The first-order valence-corrected chi connectivity index (χ1v) is 6.30. The number of hydrogen-bond donors (Lipinski definition) is 0. The van der Waals surface area contributed by atoms with Crippen molar-refractivity contribution in [2.24, 2.45) is 0 Å². The Morgan fingerprint density at radius 2 is 1.75 bits per heavy atom. The Morgan fingerprint density at radius 1 is 1.00 bits per heavy atom. The zero-order valence-electron chi connectivity index (χ0n) is 8.61. The second-order valence-corrected chi connectivity index (χ2v) is 4.97. The van der Waals surface area contributed by atoms with E-state index in [4.69, 9.17) is 0 Å². The molecule has 3 rings (SSSR count). The average molecular weight is 384 g/mol. The molecule has 0 saturated carbocycles. The van der Waals surface area contributed by atoms with Crippen LogP contribution in [0.1, 0.15) is 0 Å². The van der Waals surface area contributed by atoms with Crippen LogP contribution in [-0.4, -0.2) is 4.57 Å². The molecule has 0 aliphatic rings. The first-order chi connectivity index (χ1) is 7.83. The van der Waals surface area contributed by atoms with Crippen LogP contribution in [0.15, 0.2) is 49.0 Å². The van der Waals surface area contributed by atoms with Gasteiger partial charge in [0.25, 0.3) is 0 Å². The number of nitrogens with zero attached hydrogens (tertiary/aromatic N) is 1. The number of fused-ring (bicyclic) bond motifs is 3. The van der Waals surface area contributed by atoms with Crippen LogP contribution >= 0.6 is 0 Å². The molecule has 0 spiro atoms. The molecule has 2 heteroatoms. The zero-order chi connectivity index (χ0) is 11.1. The average Bonchev–Trinajstić information content (AvgIpc) is 2.65. The van der Waals surface area contributed by atoms with Gasteiger partial charge in [0.15, 0.2) is 0 Å². The summed E-state index contributed by atoms with van der Waals surface area (Å²) in [6.07, 6.45) is 1.89. The first-order valence-electron chi connectivity index (χ1n) is 5.10. The van der Waals surface area contributed by atoms with Crippen LogP contribution in [0.2, 0.25) is 0 Å². The van der Waals surface area contributed by atoms with Gasteiger partial charge in [0.2, 0.25) is 0 Å². The quantitative estimate of drug-likeness (QED) is 0.608. The second-order valence-electron chi connectivity index (χ2n) is 3.68. The molecular weight excluding hydrogens is 374 g/mol. The van der Waals surface area contributed by atoms with E-state index in [1.54, 1.807) is 0 Å². The number of para-hydroxylation sites is 2. The van der Waals surface area contributed by atoms with Gasteiger partial charge in [-0.25, -0.2) is 0 Å². The van der Waals surface area contributed by atoms with Crippen molar-refractivity contribution in [3.05, 3.63) is 49.0 Å². The minimum absolute atomic E-state index is 1.22. The second kappa shape index (κ2) is 3.58. The van der Waals surface area contributed by atoms with Gasteiger partial charge in [0.1, 0.15) is 0 Å². The van der Waals surface area contributed by atoms with Crippen LogP contribution in [0.4, 0.5) is 0 Å². The third kappa shape index (κ3) is 1.21. The molecule has 0 atom stereocenters. The van der Waals surface area contributed by atoms with E-state index in [9.17, 15) is 0 Å². The fraction of sp³-hybridized carbons (Fsp3) is 0. The molecule has 0 saturated heterocycles. The summed E-state index contributed by atoms with van der Waals surface area (Å²) in [6, 6.07) is 14.9. The summed E-state index contributed by atoms with van der Waals surface area (Å²) in [6.45, 7) is 3.91. The maximum absolute atomic E-state index is 3.91. The zero-order valence-corrected chi connectivity index (χ0v) is 11.0. The van der Waals surface area contributed by atoms with Gasteiger partial charge in [0.05, 0.1) is 0 Å². The van der Waals surface area contributed by atoms with E-state index in [1.165, 1.54) is 25.9 Å². The van der Waals surface area contributed by atoms with Crippen molar-refractivity contribution >= 4 is 32.1 Å². The molecule has 0 bridgehead atoms. The SMILES string of the molecule is C=Cn1c2ccccc2c2ccc[c]([Ir])c21. The topological polar surface area (TPSA) is 4.93 Å². The number of hydrogen-bond acceptors (Lipinski definition) is 0. The Kier molecular flexibility index (Phi) is 2.20. The molecule has 1 aromatic heterocycles. The van der Waals surface area contributed by atoms with Crippen molar-refractivity contribution in [3.63, 3.8) is 0 Å². The van der Waals surface area contributed by atoms with Gasteiger partial charge >= 0.3 is 105 Å². The van der Waals surface area contributed by atoms with Crippen LogP contribution in [-0.2, 0) is 18.9 Å². The van der Waals surface area contributed by atoms with Gasteiger partial charge in [-0.2, -0.15) is 0 Å². The van der Waals surface area contributed by atoms with Gasteiger partial charge in [-0.1, -0.05) is 0 Å². The van der Waals surface area contributed by atoms with Gasteiger partial charge < -0.3 is 0 Å². The van der Waals surface area contributed by atoms with Crippen LogP contribution in [0.25, 0.3) is 28.0 Å². The van der Waals surface area contributed by atoms with E-state index in [0.717, 1.165) is 0 Å². The summed E-state index contributed by atoms with van der Waals surface area (Å²) in [5, 5.41) is 2.59. The summed E-state index contributed by atoms with van der Waals surface area (Å²) in [4.78, 5) is 0. The summed E-state index contributed by atoms with van der Waals surface area (Å²) >= 11 is 2.14. The normalized spacial score (nSPS) is 11.1. The molecule has 1 nitrogen and oxygen atoms in total. The fourth-order valence-electron chi connectivity index (χ4n) is 2.18. The summed E-state index contributed by atoms with van der Waals surface area (Å²) < 4.78 is 3.45. The fourth-order valence-corrected chi connectivity index (χ4v) is 3.02. The molecule has 0 fully saturated rings. The monoisotopic (exact) mass is 385 g/mol. The molecule has 0 unspecified atom stereocenters. The number of benzene rings is 2. The predicted octanol–water partition coefficient (Wildman–Crippen LogP) is 3.07. The molecule has 0 radical (unpaired) electrons. The van der Waals surface area contributed by atoms with Crippen LogP contribution in [0.5, 0.6) is 0 Å². The van der Waals surface area contributed by atoms with Crippen molar-refractivity contribution < 1.29 is 18.9 Å². The van der Waals surface area contributed by atoms with Gasteiger partial charge in [-0.05, 0) is 0 Å². The summed E-state index contributed by atoms with van der Waals surface area (Å²) in [5.74, 6) is 0. The van der Waals surface area contributed by atoms with Crippen LogP contribution in [0, 0.1) is 0 Å². The third-order valence-electron chi connectivity index (χ3n) is 2.85. The Balaban J connectivity index is 2.70. The molecule has 0 aliphatic carbocycles. The van der Waals surface area contributed by atoms with E-state index in [1.807, 2.05) is 6.20 Å². The van der Waals surface area contributed by atoms with Crippen molar-refractivity contribution in [2.75, 3.05) is 0 Å². The number of rotatable bonds is 1. The molecule has 1 heterocycles. The van der Waals surface area contributed by atoms with E-state index >= 15 is 0 Å². The first kappa shape index (κ1) is 9.83. The standard InChI is InChI=1S/C14H10N.Ir/c1-2-15-13-9-5-3-7-11(13)12-8-4-6-10-14(12)15;/h2-9H,1H2;. The predicted molar refractivity (Wildman–Crippen MR) is 65.5 cm³/mol. The molecule has 3 aromatic rings. The van der Waals surface area contributed by atoms with Crippen molar-refractivity contribution in [1.29, 1.82) is 0 Å². The van der Waals surface area contributed by atoms with Crippen LogP contribution < -0.4 is 4.08 Å². The van der Waals surface area contributed by atoms with Crippen LogP contribution in [0.3, 0.4) is 0 Å². The van der Waals surface area contributed by atoms with Gasteiger partial charge in [0, 0.05) is 0 Å². The van der Waals surface area contributed by atoms with E-state index < -0.39 is 0 Å². The van der Waals surface area contributed by atoms with E-state index in [0.29, 0.717) is 0 Å². The Labute approximate surface area is 105 Å². The molecule has 0 N–H and O–H groups in total. The Hall–Kier alpha value is -1.37. The molecule has 16 heavy (non-hydrogen) atoms. The summed E-state index contributed by atoms with van der Waals surface area (Å²) in [5.41, 5.74) is 2.49. The third-order valence-corrected chi connectivity index (χ3v) is 3.81. The number of aromatic nitrogens is 1. The van der Waals surface area contributed by atoms with Crippen molar-refractivity contribution in [3.8, 4) is 0 Å². The van der Waals surface area contributed by atoms with E-state index in [-0.39, 0.29) is 0 Å². The Bertz CT molecular complexity index is 694.